The number of ketones is 1. The predicted octanol–water partition coefficient (Wildman–Crippen LogP) is 2.59. The number of nitrogens with two attached hydrogens (primary N) is 2. The minimum absolute atomic E-state index is 0.00398. The zero-order chi connectivity index (χ0) is 58.5. The Labute approximate surface area is 471 Å². The molecule has 8 rings (SSSR count). The van der Waals surface area contributed by atoms with Gasteiger partial charge in [0.2, 0.25) is 17.8 Å². The van der Waals surface area contributed by atoms with Gasteiger partial charge < -0.3 is 66.8 Å². The van der Waals surface area contributed by atoms with Crippen LogP contribution in [0.15, 0.2) is 72.9 Å². The van der Waals surface area contributed by atoms with E-state index < -0.39 is 35.3 Å². The Morgan fingerprint density at radius 1 is 0.841 bits per heavy atom. The number of aromatic hydroxyl groups is 1. The van der Waals surface area contributed by atoms with E-state index in [-0.39, 0.29) is 123 Å². The molecule has 1 saturated heterocycles. The summed E-state index contributed by atoms with van der Waals surface area (Å²) < 4.78 is 23.7. The molecule has 0 bridgehead atoms. The third-order valence-corrected chi connectivity index (χ3v) is 13.4. The van der Waals surface area contributed by atoms with Gasteiger partial charge in [-0.1, -0.05) is 32.9 Å². The molecular weight excluding hydrogens is 1060 g/mol. The van der Waals surface area contributed by atoms with Gasteiger partial charge in [0.1, 0.15) is 24.0 Å². The molecule has 0 spiro atoms. The topological polar surface area (TPSA) is 368 Å². The number of ether oxygens (including phenoxy) is 4. The number of anilines is 4. The number of benzene rings is 3. The second kappa shape index (κ2) is 27.0. The monoisotopic (exact) mass is 1130 g/mol. The molecule has 3 aromatic heterocycles. The molecule has 0 radical (unpaired) electrons. The maximum atomic E-state index is 14.2. The molecule has 6 aromatic rings. The van der Waals surface area contributed by atoms with Crippen molar-refractivity contribution >= 4 is 69.8 Å². The van der Waals surface area contributed by atoms with Crippen LogP contribution in [0.4, 0.5) is 27.9 Å². The van der Waals surface area contributed by atoms with Crippen LogP contribution in [-0.4, -0.2) is 173 Å². The number of aromatic nitrogens is 6. The Balaban J connectivity index is 0.716. The smallest absolute Gasteiger partial charge is 0.333 e. The number of morpholine rings is 1. The van der Waals surface area contributed by atoms with Gasteiger partial charge in [0.25, 0.3) is 5.91 Å². The molecule has 3 aromatic carbocycles. The number of hydrazine groups is 1. The number of carbonyl (C=O) groups excluding carboxylic acids is 5. The number of fused-ring (bicyclic) bond motifs is 4. The van der Waals surface area contributed by atoms with Crippen molar-refractivity contribution < 1.29 is 57.9 Å². The lowest BCUT2D eigenvalue weighted by Crippen LogP contribution is -2.49. The fourth-order valence-corrected chi connectivity index (χ4v) is 9.26. The minimum atomic E-state index is -1.36. The standard InChI is InChI=1S/C55H67N15O12/c1-55(2,3)38(28-40(52(76)77)62-50(74)33-8-12-35(13-9-33)68(4)30-34-29-60-49-45(61-34)48(56)64-53(57)65-49)51(75)59-17-21-80-25-27-82-26-24-79-20-16-58-41(72)31-70-46(32-10-14-36(71)15-11-32)43-44(66-70)37-6-5-7-39(42(37)47(43)73)63-54(78)67-69-18-22-81-23-19-69/h5-15,29,38,40,71H,16-28,30-31H2,1-4H3,(H,58,72)(H,59,75)(H,62,74)(H,76,77)(H2,63,67,78)(H4,56,57,60,64,65)/t38?,40-/m0/s1. The summed E-state index contributed by atoms with van der Waals surface area (Å²) in [4.78, 5) is 98.3. The highest BCUT2D eigenvalue weighted by Gasteiger charge is 2.38. The second-order valence-corrected chi connectivity index (χ2v) is 20.4. The van der Waals surface area contributed by atoms with Crippen molar-refractivity contribution in [2.24, 2.45) is 11.3 Å². The molecule has 27 heteroatoms. The highest BCUT2D eigenvalue weighted by Crippen LogP contribution is 2.44. The summed E-state index contributed by atoms with van der Waals surface area (Å²) in [5.41, 5.74) is 18.6. The molecule has 1 aliphatic carbocycles. The summed E-state index contributed by atoms with van der Waals surface area (Å²) in [6, 6.07) is 16.0. The van der Waals surface area contributed by atoms with Gasteiger partial charge in [-0.05, 0) is 66.4 Å². The highest BCUT2D eigenvalue weighted by atomic mass is 16.5. The third-order valence-electron chi connectivity index (χ3n) is 13.4. The molecule has 5 amide bonds. The molecule has 2 atom stereocenters. The zero-order valence-corrected chi connectivity index (χ0v) is 45.9. The van der Waals surface area contributed by atoms with E-state index in [1.807, 2.05) is 32.7 Å². The van der Waals surface area contributed by atoms with E-state index in [0.29, 0.717) is 72.3 Å². The van der Waals surface area contributed by atoms with Crippen molar-refractivity contribution in [2.45, 2.75) is 46.3 Å². The maximum Gasteiger partial charge on any atom is 0.333 e. The summed E-state index contributed by atoms with van der Waals surface area (Å²) in [6.07, 6.45) is 1.39. The number of phenols is 1. The number of carbonyl (C=O) groups is 6. The van der Waals surface area contributed by atoms with Crippen LogP contribution in [0, 0.1) is 11.3 Å². The van der Waals surface area contributed by atoms with Gasteiger partial charge in [0, 0.05) is 61.5 Å². The summed E-state index contributed by atoms with van der Waals surface area (Å²) >= 11 is 0. The van der Waals surface area contributed by atoms with E-state index in [1.165, 1.54) is 16.8 Å². The normalized spacial score (nSPS) is 13.9. The Morgan fingerprint density at radius 3 is 2.18 bits per heavy atom. The van der Waals surface area contributed by atoms with Crippen molar-refractivity contribution in [3.63, 3.8) is 0 Å². The number of rotatable bonds is 26. The lowest BCUT2D eigenvalue weighted by atomic mass is 9.76. The first-order valence-corrected chi connectivity index (χ1v) is 26.5. The fourth-order valence-electron chi connectivity index (χ4n) is 9.26. The van der Waals surface area contributed by atoms with E-state index in [0.717, 1.165) is 5.69 Å². The van der Waals surface area contributed by atoms with Crippen molar-refractivity contribution in [2.75, 3.05) is 108 Å². The van der Waals surface area contributed by atoms with Crippen molar-refractivity contribution in [1.29, 1.82) is 0 Å². The molecule has 1 fully saturated rings. The number of hydrogen-bond donors (Lipinski definition) is 9. The van der Waals surface area contributed by atoms with E-state index in [1.54, 1.807) is 65.8 Å². The molecule has 2 aliphatic rings. The molecule has 11 N–H and O–H groups in total. The number of carboxylic acids is 1. The zero-order valence-electron chi connectivity index (χ0n) is 45.9. The van der Waals surface area contributed by atoms with Crippen LogP contribution in [0.1, 0.15) is 59.2 Å². The van der Waals surface area contributed by atoms with Crippen LogP contribution in [0.25, 0.3) is 33.7 Å². The lowest BCUT2D eigenvalue weighted by molar-refractivity contribution is -0.140. The van der Waals surface area contributed by atoms with Crippen LogP contribution in [0.3, 0.4) is 0 Å². The number of carboxylic acid groups (broad SMARTS) is 1. The number of aliphatic carboxylic acids is 1. The van der Waals surface area contributed by atoms with Crippen molar-refractivity contribution in [3.05, 3.63) is 95.3 Å². The van der Waals surface area contributed by atoms with Crippen LogP contribution in [0.5, 0.6) is 5.75 Å². The summed E-state index contributed by atoms with van der Waals surface area (Å²) in [7, 11) is 1.83. The molecule has 0 saturated carbocycles. The third kappa shape index (κ3) is 15.1. The number of urea groups is 1. The van der Waals surface area contributed by atoms with Crippen LogP contribution in [0.2, 0.25) is 0 Å². The lowest BCUT2D eigenvalue weighted by Gasteiger charge is -2.31. The largest absolute Gasteiger partial charge is 0.508 e. The first kappa shape index (κ1) is 59.2. The van der Waals surface area contributed by atoms with E-state index >= 15 is 0 Å². The number of nitrogens with one attached hydrogen (secondary N) is 5. The Bertz CT molecular complexity index is 3270. The molecule has 1 aliphatic heterocycles. The molecule has 434 valence electrons. The first-order chi connectivity index (χ1) is 39.3. The van der Waals surface area contributed by atoms with E-state index in [2.05, 4.69) is 46.6 Å². The quantitative estimate of drug-likeness (QED) is 0.0352. The van der Waals surface area contributed by atoms with E-state index in [4.69, 9.17) is 35.5 Å². The average Bonchev–Trinajstić information content (AvgIpc) is 2.15. The van der Waals surface area contributed by atoms with Gasteiger partial charge in [-0.2, -0.15) is 15.1 Å². The molecular formula is C55H67N15O12. The molecule has 4 heterocycles. The molecule has 27 nitrogen and oxygen atoms in total. The number of amides is 5. The average molecular weight is 1130 g/mol. The maximum absolute atomic E-state index is 14.2. The van der Waals surface area contributed by atoms with Gasteiger partial charge in [-0.3, -0.25) is 29.3 Å². The van der Waals surface area contributed by atoms with E-state index in [9.17, 15) is 39.0 Å². The van der Waals surface area contributed by atoms with Crippen molar-refractivity contribution in [3.8, 4) is 28.3 Å². The number of nitrogen functional groups attached to an aromatic ring is 2. The van der Waals surface area contributed by atoms with Gasteiger partial charge in [-0.15, -0.1) is 0 Å². The second-order valence-electron chi connectivity index (χ2n) is 20.4. The number of phenolic OH excluding ortho intramolecular Hbond substituents is 1. The Morgan fingerprint density at radius 2 is 1.51 bits per heavy atom. The Kier molecular flexibility index (Phi) is 19.5. The molecule has 82 heavy (non-hydrogen) atoms. The van der Waals surface area contributed by atoms with Crippen LogP contribution < -0.4 is 43.1 Å². The van der Waals surface area contributed by atoms with Gasteiger partial charge in [0.05, 0.1) is 93.8 Å². The van der Waals surface area contributed by atoms with Crippen LogP contribution >= 0.6 is 0 Å². The highest BCUT2D eigenvalue weighted by molar-refractivity contribution is 6.27. The fraction of sp³-hybridized carbons (Fsp3) is 0.400. The van der Waals surface area contributed by atoms with Gasteiger partial charge in [-0.25, -0.2) is 24.6 Å². The number of nitrogens with zero attached hydrogens (tertiary/aromatic N) is 8. The molecule has 1 unspecified atom stereocenters. The summed E-state index contributed by atoms with van der Waals surface area (Å²) in [5.74, 6) is -3.69. The first-order valence-electron chi connectivity index (χ1n) is 26.5. The number of hydrogen-bond acceptors (Lipinski definition) is 20. The van der Waals surface area contributed by atoms with Crippen LogP contribution in [-0.2, 0) is 46.4 Å². The van der Waals surface area contributed by atoms with Gasteiger partial charge >= 0.3 is 12.0 Å². The summed E-state index contributed by atoms with van der Waals surface area (Å²) in [6.45, 7) is 9.22. The SMILES string of the molecule is CN(Cc1cnc2nc(N)nc(N)c2n1)c1ccc(C(=O)N[C@@H](CC(C(=O)NCCOCCOCCOCCNC(=O)Cn2nc3c(c2-c2ccc(O)cc2)C(=O)c2c(NC(=O)NN4CCOCC4)cccc2-3)C(C)(C)C)C(=O)O)cc1. The summed E-state index contributed by atoms with van der Waals surface area (Å²) in [5, 5.41) is 37.6. The Hall–Kier alpha value is -8.89. The van der Waals surface area contributed by atoms with Gasteiger partial charge in [0.15, 0.2) is 22.8 Å². The minimum Gasteiger partial charge on any atom is -0.508 e. The predicted molar refractivity (Wildman–Crippen MR) is 300 cm³/mol. The van der Waals surface area contributed by atoms with Crippen molar-refractivity contribution in [1.82, 2.24) is 56.1 Å².